The molecule has 2 aromatic rings. The lowest BCUT2D eigenvalue weighted by Crippen LogP contribution is -2.20. The highest BCUT2D eigenvalue weighted by Gasteiger charge is 2.06. The largest absolute Gasteiger partial charge is 0.493 e. The molecule has 0 aromatic heterocycles. The molecule has 0 aliphatic carbocycles. The minimum atomic E-state index is -0.189. The normalized spacial score (nSPS) is 10.8. The molecule has 3 nitrogen and oxygen atoms in total. The van der Waals surface area contributed by atoms with Crippen LogP contribution in [0.2, 0.25) is 0 Å². The molecule has 0 atom stereocenters. The van der Waals surface area contributed by atoms with Gasteiger partial charge in [-0.15, -0.1) is 0 Å². The minimum absolute atomic E-state index is 0.189. The molecule has 2 rings (SSSR count). The smallest absolute Gasteiger partial charge is 0.160 e. The van der Waals surface area contributed by atoms with E-state index in [1.165, 1.54) is 11.6 Å². The van der Waals surface area contributed by atoms with Crippen LogP contribution in [-0.2, 0) is 13.0 Å². The summed E-state index contributed by atoms with van der Waals surface area (Å²) in [6, 6.07) is 12.7. The number of hydrogen-bond acceptors (Lipinski definition) is 3. The van der Waals surface area contributed by atoms with Gasteiger partial charge in [-0.3, -0.25) is 0 Å². The zero-order valence-corrected chi connectivity index (χ0v) is 13.3. The third-order valence-corrected chi connectivity index (χ3v) is 3.57. The van der Waals surface area contributed by atoms with Gasteiger partial charge in [0.1, 0.15) is 5.82 Å². The molecule has 0 fully saturated rings. The van der Waals surface area contributed by atoms with Crippen molar-refractivity contribution < 1.29 is 13.9 Å². The van der Waals surface area contributed by atoms with Crippen LogP contribution in [0.4, 0.5) is 4.39 Å². The molecule has 0 unspecified atom stereocenters. The zero-order chi connectivity index (χ0) is 15.9. The number of benzene rings is 2. The van der Waals surface area contributed by atoms with Crippen LogP contribution in [0.3, 0.4) is 0 Å². The van der Waals surface area contributed by atoms with Crippen molar-refractivity contribution in [2.75, 3.05) is 27.8 Å². The number of rotatable bonds is 7. The topological polar surface area (TPSA) is 21.7 Å². The van der Waals surface area contributed by atoms with Crippen molar-refractivity contribution in [3.63, 3.8) is 0 Å². The van der Waals surface area contributed by atoms with Crippen molar-refractivity contribution in [1.29, 1.82) is 0 Å². The van der Waals surface area contributed by atoms with E-state index in [2.05, 4.69) is 4.90 Å². The molecule has 0 aliphatic rings. The Morgan fingerprint density at radius 3 is 2.41 bits per heavy atom. The second kappa shape index (κ2) is 7.80. The monoisotopic (exact) mass is 303 g/mol. The van der Waals surface area contributed by atoms with Gasteiger partial charge in [0.2, 0.25) is 0 Å². The molecule has 2 aromatic carbocycles. The van der Waals surface area contributed by atoms with E-state index in [0.29, 0.717) is 0 Å². The highest BCUT2D eigenvalue weighted by atomic mass is 19.1. The van der Waals surface area contributed by atoms with Crippen LogP contribution < -0.4 is 9.47 Å². The number of likely N-dealkylation sites (N-methyl/N-ethyl adjacent to an activating group) is 1. The summed E-state index contributed by atoms with van der Waals surface area (Å²) in [5.74, 6) is 1.29. The Balaban J connectivity index is 1.92. The Kier molecular flexibility index (Phi) is 5.78. The molecule has 0 bridgehead atoms. The van der Waals surface area contributed by atoms with E-state index in [4.69, 9.17) is 9.47 Å². The molecule has 0 amide bonds. The molecule has 0 N–H and O–H groups in total. The van der Waals surface area contributed by atoms with Crippen molar-refractivity contribution in [2.45, 2.75) is 13.0 Å². The molecule has 0 heterocycles. The fourth-order valence-corrected chi connectivity index (χ4v) is 2.38. The number of methoxy groups -OCH3 is 2. The summed E-state index contributed by atoms with van der Waals surface area (Å²) in [5, 5.41) is 0. The van der Waals surface area contributed by atoms with Crippen LogP contribution in [0.25, 0.3) is 0 Å². The summed E-state index contributed by atoms with van der Waals surface area (Å²) in [7, 11) is 5.30. The number of ether oxygens (including phenoxy) is 2. The van der Waals surface area contributed by atoms with Gasteiger partial charge < -0.3 is 14.4 Å². The fourth-order valence-electron chi connectivity index (χ4n) is 2.38. The molecule has 0 radical (unpaired) electrons. The second-order valence-electron chi connectivity index (χ2n) is 5.31. The summed E-state index contributed by atoms with van der Waals surface area (Å²) in [6.45, 7) is 1.61. The van der Waals surface area contributed by atoms with Gasteiger partial charge in [-0.2, -0.15) is 0 Å². The van der Waals surface area contributed by atoms with E-state index in [0.717, 1.165) is 36.6 Å². The summed E-state index contributed by atoms with van der Waals surface area (Å²) >= 11 is 0. The van der Waals surface area contributed by atoms with E-state index >= 15 is 0 Å². The summed E-state index contributed by atoms with van der Waals surface area (Å²) in [6.07, 6.45) is 0.895. The van der Waals surface area contributed by atoms with Crippen molar-refractivity contribution in [3.05, 3.63) is 59.4 Å². The first-order chi connectivity index (χ1) is 10.6. The van der Waals surface area contributed by atoms with Crippen LogP contribution in [-0.4, -0.2) is 32.7 Å². The predicted octanol–water partition coefficient (Wildman–Crippen LogP) is 3.52. The molecule has 0 aliphatic heterocycles. The third kappa shape index (κ3) is 4.46. The minimum Gasteiger partial charge on any atom is -0.493 e. The zero-order valence-electron chi connectivity index (χ0n) is 13.3. The maximum Gasteiger partial charge on any atom is 0.160 e. The first kappa shape index (κ1) is 16.3. The maximum atomic E-state index is 13.2. The molecular weight excluding hydrogens is 281 g/mol. The summed E-state index contributed by atoms with van der Waals surface area (Å²) in [4.78, 5) is 2.17. The van der Waals surface area contributed by atoms with E-state index in [9.17, 15) is 4.39 Å². The quantitative estimate of drug-likeness (QED) is 0.781. The highest BCUT2D eigenvalue weighted by molar-refractivity contribution is 5.42. The molecule has 0 spiro atoms. The van der Waals surface area contributed by atoms with Crippen molar-refractivity contribution in [3.8, 4) is 11.5 Å². The lowest BCUT2D eigenvalue weighted by Gasteiger charge is -2.17. The van der Waals surface area contributed by atoms with Gasteiger partial charge in [0.25, 0.3) is 0 Å². The average molecular weight is 303 g/mol. The number of halogens is 1. The highest BCUT2D eigenvalue weighted by Crippen LogP contribution is 2.27. The third-order valence-electron chi connectivity index (χ3n) is 3.57. The van der Waals surface area contributed by atoms with Crippen molar-refractivity contribution in [1.82, 2.24) is 4.90 Å². The van der Waals surface area contributed by atoms with E-state index in [1.54, 1.807) is 26.4 Å². The van der Waals surface area contributed by atoms with Crippen LogP contribution in [0.15, 0.2) is 42.5 Å². The average Bonchev–Trinajstić information content (AvgIpc) is 2.52. The lowest BCUT2D eigenvalue weighted by molar-refractivity contribution is 0.329. The van der Waals surface area contributed by atoms with Crippen LogP contribution in [0.1, 0.15) is 11.1 Å². The van der Waals surface area contributed by atoms with E-state index in [-0.39, 0.29) is 5.82 Å². The Hall–Kier alpha value is -2.07. The van der Waals surface area contributed by atoms with Gasteiger partial charge in [0.15, 0.2) is 11.5 Å². The molecule has 4 heteroatoms. The van der Waals surface area contributed by atoms with E-state index < -0.39 is 0 Å². The Morgan fingerprint density at radius 2 is 1.73 bits per heavy atom. The van der Waals surface area contributed by atoms with Crippen LogP contribution in [0, 0.1) is 5.82 Å². The van der Waals surface area contributed by atoms with E-state index in [1.807, 2.05) is 31.3 Å². The molecule has 0 saturated heterocycles. The molecule has 118 valence electrons. The van der Waals surface area contributed by atoms with Gasteiger partial charge in [-0.25, -0.2) is 4.39 Å². The van der Waals surface area contributed by atoms with Crippen molar-refractivity contribution >= 4 is 0 Å². The second-order valence-corrected chi connectivity index (χ2v) is 5.31. The Morgan fingerprint density at radius 1 is 0.955 bits per heavy atom. The Labute approximate surface area is 131 Å². The lowest BCUT2D eigenvalue weighted by atomic mass is 10.1. The SMILES string of the molecule is COc1ccc(CCN(C)Cc2cccc(F)c2)cc1OC. The van der Waals surface area contributed by atoms with Crippen molar-refractivity contribution in [2.24, 2.45) is 0 Å². The van der Waals surface area contributed by atoms with Gasteiger partial charge in [0.05, 0.1) is 14.2 Å². The van der Waals surface area contributed by atoms with Gasteiger partial charge in [-0.05, 0) is 48.9 Å². The van der Waals surface area contributed by atoms with Crippen LogP contribution in [0.5, 0.6) is 11.5 Å². The standard InChI is InChI=1S/C18H22FNO2/c1-20(13-15-5-4-6-16(19)11-15)10-9-14-7-8-17(21-2)18(12-14)22-3/h4-8,11-12H,9-10,13H2,1-3H3. The predicted molar refractivity (Wildman–Crippen MR) is 86.0 cm³/mol. The van der Waals surface area contributed by atoms with Gasteiger partial charge >= 0.3 is 0 Å². The molecule has 22 heavy (non-hydrogen) atoms. The molecule has 0 saturated carbocycles. The number of nitrogens with zero attached hydrogens (tertiary/aromatic N) is 1. The maximum absolute atomic E-state index is 13.2. The van der Waals surface area contributed by atoms with Gasteiger partial charge in [-0.1, -0.05) is 18.2 Å². The number of hydrogen-bond donors (Lipinski definition) is 0. The van der Waals surface area contributed by atoms with Gasteiger partial charge in [0, 0.05) is 13.1 Å². The fraction of sp³-hybridized carbons (Fsp3) is 0.333. The first-order valence-electron chi connectivity index (χ1n) is 7.26. The summed E-state index contributed by atoms with van der Waals surface area (Å²) in [5.41, 5.74) is 2.17. The Bertz CT molecular complexity index is 616. The first-order valence-corrected chi connectivity index (χ1v) is 7.26. The summed E-state index contributed by atoms with van der Waals surface area (Å²) < 4.78 is 23.7. The van der Waals surface area contributed by atoms with Crippen LogP contribution >= 0.6 is 0 Å². The molecular formula is C18H22FNO2.